The van der Waals surface area contributed by atoms with Gasteiger partial charge in [-0.1, -0.05) is 27.7 Å². The highest BCUT2D eigenvalue weighted by molar-refractivity contribution is 8.76. The Morgan fingerprint density at radius 1 is 0.562 bits per heavy atom. The van der Waals surface area contributed by atoms with E-state index in [4.69, 9.17) is 28.4 Å². The number of aromatic nitrogens is 2. The van der Waals surface area contributed by atoms with E-state index in [1.54, 1.807) is 42.7 Å². The standard InChI is InChI=1S/C38H48N2O6S2/c1-41-33-25-29(26-34(42-2)37(33)45-5)15-17-31-13-7-9-19-39(31)21-11-23-47-48-24-12-22-40-20-10-8-14-32(40)18-16-30-27-35(43-3)38(46-6)36(28-30)44-4/h7-10,13-15,17,19-20,25-28H,11-12,16,18,21-24H2,1-6H3/q+2. The molecule has 8 nitrogen and oxygen atoms in total. The Labute approximate surface area is 293 Å². The van der Waals surface area contributed by atoms with Crippen molar-refractivity contribution in [1.29, 1.82) is 0 Å². The molecule has 0 unspecified atom stereocenters. The molecule has 0 bridgehead atoms. The zero-order chi connectivity index (χ0) is 34.1. The van der Waals surface area contributed by atoms with E-state index in [1.165, 1.54) is 5.69 Å². The van der Waals surface area contributed by atoms with Gasteiger partial charge in [0.15, 0.2) is 41.1 Å². The third-order valence-electron chi connectivity index (χ3n) is 7.88. The lowest BCUT2D eigenvalue weighted by atomic mass is 10.1. The van der Waals surface area contributed by atoms with Gasteiger partial charge in [0.05, 0.1) is 42.7 Å². The molecule has 0 aliphatic carbocycles. The minimum Gasteiger partial charge on any atom is -0.493 e. The summed E-state index contributed by atoms with van der Waals surface area (Å²) in [6, 6.07) is 20.7. The Bertz CT molecular complexity index is 1580. The number of aryl methyl sites for hydroxylation is 4. The lowest BCUT2D eigenvalue weighted by Crippen LogP contribution is -2.38. The highest BCUT2D eigenvalue weighted by Crippen LogP contribution is 2.39. The Morgan fingerprint density at radius 2 is 1.08 bits per heavy atom. The number of nitrogens with zero attached hydrogens (tertiary/aromatic N) is 2. The van der Waals surface area contributed by atoms with E-state index in [-0.39, 0.29) is 0 Å². The summed E-state index contributed by atoms with van der Waals surface area (Å²) in [4.78, 5) is 0. The van der Waals surface area contributed by atoms with Gasteiger partial charge in [-0.05, 0) is 54.0 Å². The van der Waals surface area contributed by atoms with E-state index in [0.29, 0.717) is 34.5 Å². The first-order chi connectivity index (χ1) is 23.5. The molecule has 0 saturated carbocycles. The molecule has 2 aromatic carbocycles. The van der Waals surface area contributed by atoms with Crippen LogP contribution in [0.25, 0.3) is 12.2 Å². The molecular weight excluding hydrogens is 645 g/mol. The molecule has 0 amide bonds. The second kappa shape index (κ2) is 19.7. The summed E-state index contributed by atoms with van der Waals surface area (Å²) in [7, 11) is 13.7. The van der Waals surface area contributed by atoms with Crippen LogP contribution >= 0.6 is 21.6 Å². The summed E-state index contributed by atoms with van der Waals surface area (Å²) in [5, 5.41) is 0. The molecule has 0 radical (unpaired) electrons. The van der Waals surface area contributed by atoms with Crippen molar-refractivity contribution in [3.05, 3.63) is 95.6 Å². The Hall–Kier alpha value is -4.02. The van der Waals surface area contributed by atoms with Crippen molar-refractivity contribution < 1.29 is 37.6 Å². The Balaban J connectivity index is 1.21. The molecule has 0 N–H and O–H groups in total. The molecule has 48 heavy (non-hydrogen) atoms. The van der Waals surface area contributed by atoms with Crippen LogP contribution in [0.5, 0.6) is 34.5 Å². The minimum atomic E-state index is 0.593. The summed E-state index contributed by atoms with van der Waals surface area (Å²) in [6.45, 7) is 1.96. The van der Waals surface area contributed by atoms with E-state index in [1.807, 2.05) is 45.9 Å². The van der Waals surface area contributed by atoms with E-state index in [9.17, 15) is 0 Å². The normalized spacial score (nSPS) is 11.0. The van der Waals surface area contributed by atoms with Crippen molar-refractivity contribution in [3.8, 4) is 34.5 Å². The third-order valence-corrected chi connectivity index (χ3v) is 10.5. The predicted octanol–water partition coefficient (Wildman–Crippen LogP) is 7.13. The third kappa shape index (κ3) is 10.2. The van der Waals surface area contributed by atoms with Crippen molar-refractivity contribution in [2.75, 3.05) is 54.2 Å². The number of ether oxygens (including phenoxy) is 6. The molecule has 0 aliphatic rings. The van der Waals surface area contributed by atoms with Gasteiger partial charge in [-0.3, -0.25) is 0 Å². The second-order valence-electron chi connectivity index (χ2n) is 10.9. The van der Waals surface area contributed by atoms with Crippen molar-refractivity contribution >= 4 is 33.7 Å². The van der Waals surface area contributed by atoms with E-state index in [2.05, 4.69) is 70.1 Å². The predicted molar refractivity (Wildman–Crippen MR) is 196 cm³/mol. The highest BCUT2D eigenvalue weighted by atomic mass is 33.1. The average Bonchev–Trinajstić information content (AvgIpc) is 3.13. The van der Waals surface area contributed by atoms with Crippen molar-refractivity contribution in [1.82, 2.24) is 0 Å². The fraction of sp³-hybridized carbons (Fsp3) is 0.368. The van der Waals surface area contributed by atoms with Crippen LogP contribution in [0.15, 0.2) is 73.1 Å². The first-order valence-corrected chi connectivity index (χ1v) is 18.5. The number of hydrogen-bond donors (Lipinski definition) is 0. The van der Waals surface area contributed by atoms with Crippen LogP contribution < -0.4 is 37.6 Å². The van der Waals surface area contributed by atoms with Gasteiger partial charge in [-0.15, -0.1) is 0 Å². The summed E-state index contributed by atoms with van der Waals surface area (Å²) < 4.78 is 37.7. The number of rotatable bonds is 20. The van der Waals surface area contributed by atoms with Crippen LogP contribution in [0.1, 0.15) is 35.4 Å². The molecule has 2 aromatic heterocycles. The molecule has 0 saturated heterocycles. The molecular formula is C38H48N2O6S2+2. The van der Waals surface area contributed by atoms with Crippen molar-refractivity contribution in [2.24, 2.45) is 0 Å². The van der Waals surface area contributed by atoms with Crippen LogP contribution in [0.4, 0.5) is 0 Å². The average molecular weight is 693 g/mol. The number of methoxy groups -OCH3 is 6. The maximum absolute atomic E-state index is 5.54. The maximum Gasteiger partial charge on any atom is 0.205 e. The van der Waals surface area contributed by atoms with Gasteiger partial charge in [-0.2, -0.15) is 4.57 Å². The maximum atomic E-state index is 5.54. The summed E-state index contributed by atoms with van der Waals surface area (Å²) in [5.74, 6) is 6.09. The number of hydrogen-bond acceptors (Lipinski definition) is 8. The summed E-state index contributed by atoms with van der Waals surface area (Å²) >= 11 is 0. The summed E-state index contributed by atoms with van der Waals surface area (Å²) in [5.41, 5.74) is 4.59. The molecule has 256 valence electrons. The fourth-order valence-electron chi connectivity index (χ4n) is 5.44. The van der Waals surface area contributed by atoms with Gasteiger partial charge in [0.2, 0.25) is 17.2 Å². The molecule has 0 aliphatic heterocycles. The topological polar surface area (TPSA) is 63.1 Å². The van der Waals surface area contributed by atoms with Crippen LogP contribution in [0.3, 0.4) is 0 Å². The lowest BCUT2D eigenvalue weighted by molar-refractivity contribution is -0.704. The molecule has 0 spiro atoms. The first-order valence-electron chi connectivity index (χ1n) is 16.0. The lowest BCUT2D eigenvalue weighted by Gasteiger charge is -2.14. The molecule has 4 rings (SSSR count). The van der Waals surface area contributed by atoms with Gasteiger partial charge in [-0.25, -0.2) is 4.57 Å². The van der Waals surface area contributed by atoms with Crippen LogP contribution in [-0.4, -0.2) is 54.2 Å². The first kappa shape index (κ1) is 36.8. The Morgan fingerprint density at radius 3 is 1.65 bits per heavy atom. The zero-order valence-corrected chi connectivity index (χ0v) is 30.5. The minimum absolute atomic E-state index is 0.593. The monoisotopic (exact) mass is 692 g/mol. The van der Waals surface area contributed by atoms with Crippen LogP contribution in [-0.2, 0) is 25.9 Å². The molecule has 0 atom stereocenters. The van der Waals surface area contributed by atoms with E-state index >= 15 is 0 Å². The van der Waals surface area contributed by atoms with E-state index < -0.39 is 0 Å². The molecule has 4 aromatic rings. The van der Waals surface area contributed by atoms with Crippen molar-refractivity contribution in [3.63, 3.8) is 0 Å². The van der Waals surface area contributed by atoms with Gasteiger partial charge in [0, 0.05) is 61.1 Å². The van der Waals surface area contributed by atoms with Gasteiger partial charge < -0.3 is 28.4 Å². The summed E-state index contributed by atoms with van der Waals surface area (Å²) in [6.07, 6.45) is 12.6. The van der Waals surface area contributed by atoms with Gasteiger partial charge >= 0.3 is 0 Å². The van der Waals surface area contributed by atoms with Crippen LogP contribution in [0, 0.1) is 0 Å². The van der Waals surface area contributed by atoms with Gasteiger partial charge in [0.1, 0.15) is 13.1 Å². The molecule has 0 fully saturated rings. The van der Waals surface area contributed by atoms with Crippen molar-refractivity contribution in [2.45, 2.75) is 38.8 Å². The molecule has 2 heterocycles. The number of benzene rings is 2. The second-order valence-corrected chi connectivity index (χ2v) is 13.6. The quantitative estimate of drug-likeness (QED) is 0.0551. The number of pyridine rings is 2. The highest BCUT2D eigenvalue weighted by Gasteiger charge is 2.16. The van der Waals surface area contributed by atoms with Gasteiger partial charge in [0.25, 0.3) is 0 Å². The smallest absolute Gasteiger partial charge is 0.205 e. The fourth-order valence-corrected chi connectivity index (χ4v) is 7.58. The van der Waals surface area contributed by atoms with E-state index in [0.717, 1.165) is 67.1 Å². The largest absolute Gasteiger partial charge is 0.493 e. The molecule has 10 heteroatoms. The SMILES string of the molecule is COc1cc(C=Cc2cccc[n+]2CCCSSCCC[n+]2ccccc2CCc2cc(OC)c(OC)c(OC)c2)cc(OC)c1OC. The van der Waals surface area contributed by atoms with Crippen LogP contribution in [0.2, 0.25) is 0 Å². The Kier molecular flexibility index (Phi) is 15.1. The zero-order valence-electron chi connectivity index (χ0n) is 28.9.